The predicted molar refractivity (Wildman–Crippen MR) is 139 cm³/mol. The van der Waals surface area contributed by atoms with Crippen molar-refractivity contribution in [3.8, 4) is 16.9 Å². The first kappa shape index (κ1) is 23.6. The summed E-state index contributed by atoms with van der Waals surface area (Å²) >= 11 is 3.57. The van der Waals surface area contributed by atoms with Gasteiger partial charge in [0.2, 0.25) is 0 Å². The number of hydrogen-bond donors (Lipinski definition) is 0. The Morgan fingerprint density at radius 1 is 0.839 bits per heavy atom. The van der Waals surface area contributed by atoms with Crippen LogP contribution in [0.25, 0.3) is 10.8 Å². The van der Waals surface area contributed by atoms with E-state index in [1.54, 1.807) is 18.9 Å². The molecule has 0 unspecified atom stereocenters. The molecule has 3 aromatic carbocycles. The second-order valence-corrected chi connectivity index (χ2v) is 9.74. The maximum absolute atomic E-state index is 5.24. The van der Waals surface area contributed by atoms with Crippen molar-refractivity contribution in [2.75, 3.05) is 12.9 Å². The number of thioether (sulfide) groups is 2. The van der Waals surface area contributed by atoms with E-state index in [0.29, 0.717) is 0 Å². The van der Waals surface area contributed by atoms with Crippen LogP contribution in [0.1, 0.15) is 56.3 Å². The van der Waals surface area contributed by atoms with Gasteiger partial charge in [-0.15, -0.1) is 11.8 Å². The number of benzene rings is 3. The van der Waals surface area contributed by atoms with Crippen LogP contribution in [0.15, 0.2) is 71.6 Å². The third kappa shape index (κ3) is 7.87. The van der Waals surface area contributed by atoms with E-state index < -0.39 is 0 Å². The second kappa shape index (κ2) is 13.4. The molecule has 0 radical (unpaired) electrons. The van der Waals surface area contributed by atoms with Gasteiger partial charge in [-0.05, 0) is 75.9 Å². The van der Waals surface area contributed by atoms with E-state index in [9.17, 15) is 0 Å². The highest BCUT2D eigenvalue weighted by Gasteiger charge is 2.10. The summed E-state index contributed by atoms with van der Waals surface area (Å²) in [6.45, 7) is 2.27. The highest BCUT2D eigenvalue weighted by molar-refractivity contribution is 8.04. The van der Waals surface area contributed by atoms with E-state index in [2.05, 4.69) is 72.7 Å². The Balaban J connectivity index is 1.66. The van der Waals surface area contributed by atoms with Gasteiger partial charge in [0, 0.05) is 4.90 Å². The number of hydrogen-bond acceptors (Lipinski definition) is 3. The van der Waals surface area contributed by atoms with Gasteiger partial charge < -0.3 is 4.74 Å². The third-order valence-electron chi connectivity index (χ3n) is 5.28. The van der Waals surface area contributed by atoms with E-state index in [1.807, 2.05) is 23.9 Å². The first-order valence-corrected chi connectivity index (χ1v) is 13.1. The molecule has 31 heavy (non-hydrogen) atoms. The quantitative estimate of drug-likeness (QED) is 0.165. The van der Waals surface area contributed by atoms with Crippen LogP contribution in [0.5, 0.6) is 5.75 Å². The minimum absolute atomic E-state index is 0.200. The lowest BCUT2D eigenvalue weighted by Crippen LogP contribution is -1.94. The Morgan fingerprint density at radius 2 is 1.58 bits per heavy atom. The fourth-order valence-electron chi connectivity index (χ4n) is 3.46. The molecule has 0 bridgehead atoms. The van der Waals surface area contributed by atoms with Crippen molar-refractivity contribution < 1.29 is 4.74 Å². The smallest absolute Gasteiger partial charge is 0.118 e. The fraction of sp³-hybridized carbons (Fsp3) is 0.357. The zero-order valence-corrected chi connectivity index (χ0v) is 20.2. The summed E-state index contributed by atoms with van der Waals surface area (Å²) in [6, 6.07) is 23.4. The number of methoxy groups -OCH3 is 1. The van der Waals surface area contributed by atoms with Gasteiger partial charge in [0.05, 0.1) is 12.4 Å². The van der Waals surface area contributed by atoms with Gasteiger partial charge in [-0.25, -0.2) is 0 Å². The molecule has 0 amide bonds. The lowest BCUT2D eigenvalue weighted by atomic mass is 10.1. The lowest BCUT2D eigenvalue weighted by Gasteiger charge is -2.12. The van der Waals surface area contributed by atoms with Crippen molar-refractivity contribution in [2.24, 2.45) is 0 Å². The van der Waals surface area contributed by atoms with Crippen LogP contribution in [0, 0.1) is 11.2 Å². The van der Waals surface area contributed by atoms with Crippen LogP contribution >= 0.6 is 23.5 Å². The lowest BCUT2D eigenvalue weighted by molar-refractivity contribution is 0.414. The van der Waals surface area contributed by atoms with Crippen molar-refractivity contribution in [3.63, 3.8) is 0 Å². The van der Waals surface area contributed by atoms with Gasteiger partial charge in [-0.3, -0.25) is 0 Å². The predicted octanol–water partition coefficient (Wildman–Crippen LogP) is 8.74. The molecule has 0 spiro atoms. The first-order chi connectivity index (χ1) is 15.3. The van der Waals surface area contributed by atoms with Crippen molar-refractivity contribution in [1.29, 1.82) is 0 Å². The molecule has 162 valence electrons. The van der Waals surface area contributed by atoms with E-state index in [4.69, 9.17) is 4.74 Å². The molecule has 0 aliphatic rings. The molecule has 0 fully saturated rings. The molecular weight excluding hydrogens is 416 g/mol. The molecule has 1 atom stereocenters. The van der Waals surface area contributed by atoms with E-state index in [1.165, 1.54) is 54.9 Å². The Morgan fingerprint density at radius 3 is 2.35 bits per heavy atom. The molecule has 0 aromatic heterocycles. The molecule has 3 rings (SSSR count). The topological polar surface area (TPSA) is 9.23 Å². The van der Waals surface area contributed by atoms with Crippen LogP contribution in [-0.2, 0) is 0 Å². The zero-order valence-electron chi connectivity index (χ0n) is 18.6. The highest BCUT2D eigenvalue weighted by atomic mass is 32.2. The van der Waals surface area contributed by atoms with E-state index >= 15 is 0 Å². The Hall–Kier alpha value is -2.02. The average molecular weight is 449 g/mol. The molecule has 0 aliphatic carbocycles. The highest BCUT2D eigenvalue weighted by Crippen LogP contribution is 2.32. The Kier molecular flexibility index (Phi) is 10.2. The molecule has 0 saturated heterocycles. The Labute approximate surface area is 196 Å². The van der Waals surface area contributed by atoms with Gasteiger partial charge in [-0.1, -0.05) is 81.3 Å². The monoisotopic (exact) mass is 448 g/mol. The maximum Gasteiger partial charge on any atom is 0.118 e. The molecular formula is C28H32OS2. The van der Waals surface area contributed by atoms with Crippen LogP contribution in [0.4, 0.5) is 0 Å². The van der Waals surface area contributed by atoms with Crippen LogP contribution < -0.4 is 4.74 Å². The summed E-state index contributed by atoms with van der Waals surface area (Å²) in [7, 11) is 1.69. The first-order valence-electron chi connectivity index (χ1n) is 11.2. The molecule has 0 saturated carbocycles. The van der Waals surface area contributed by atoms with Crippen molar-refractivity contribution >= 4 is 34.3 Å². The average Bonchev–Trinajstić information content (AvgIpc) is 2.82. The largest absolute Gasteiger partial charge is 0.497 e. The van der Waals surface area contributed by atoms with Crippen LogP contribution in [0.2, 0.25) is 0 Å². The number of ether oxygens (including phenoxy) is 1. The standard InChI is InChI=1S/C28H32OS2/c1-3-4-5-6-7-10-20-31-28(19-21-30-27-17-15-26(29-2)16-18-27)25-14-13-23-11-8-9-12-24(23)22-25/h8-9,11-18,22,28H,3-7,10,20H2,1-2H3/t28-/m1/s1. The summed E-state index contributed by atoms with van der Waals surface area (Å²) in [6.07, 6.45) is 7.99. The molecule has 0 aliphatic heterocycles. The summed E-state index contributed by atoms with van der Waals surface area (Å²) in [4.78, 5) is 1.14. The van der Waals surface area contributed by atoms with E-state index in [0.717, 1.165) is 16.4 Å². The van der Waals surface area contributed by atoms with Crippen molar-refractivity contribution in [3.05, 3.63) is 72.3 Å². The SMILES string of the molecule is CCCCCCCCS[C@H](C#CSc1ccc(OC)cc1)c1ccc2ccccc2c1. The van der Waals surface area contributed by atoms with Crippen molar-refractivity contribution in [1.82, 2.24) is 0 Å². The van der Waals surface area contributed by atoms with Gasteiger partial charge in [0.1, 0.15) is 5.75 Å². The summed E-state index contributed by atoms with van der Waals surface area (Å²) in [5, 5.41) is 6.13. The van der Waals surface area contributed by atoms with Gasteiger partial charge in [0.25, 0.3) is 0 Å². The van der Waals surface area contributed by atoms with Crippen molar-refractivity contribution in [2.45, 2.75) is 55.6 Å². The minimum atomic E-state index is 0.200. The number of unbranched alkanes of at least 4 members (excludes halogenated alkanes) is 5. The Bertz CT molecular complexity index is 985. The minimum Gasteiger partial charge on any atom is -0.497 e. The van der Waals surface area contributed by atoms with Crippen LogP contribution in [-0.4, -0.2) is 12.9 Å². The summed E-state index contributed by atoms with van der Waals surface area (Å²) < 4.78 is 5.24. The number of fused-ring (bicyclic) bond motifs is 1. The molecule has 3 aromatic rings. The molecule has 0 heterocycles. The normalized spacial score (nSPS) is 11.7. The fourth-order valence-corrected chi connectivity index (χ4v) is 5.19. The number of rotatable bonds is 11. The third-order valence-corrected chi connectivity index (χ3v) is 7.25. The second-order valence-electron chi connectivity index (χ2n) is 7.65. The maximum atomic E-state index is 5.24. The van der Waals surface area contributed by atoms with E-state index in [-0.39, 0.29) is 5.25 Å². The van der Waals surface area contributed by atoms with Gasteiger partial charge >= 0.3 is 0 Å². The van der Waals surface area contributed by atoms with Gasteiger partial charge in [0.15, 0.2) is 0 Å². The van der Waals surface area contributed by atoms with Crippen LogP contribution in [0.3, 0.4) is 0 Å². The zero-order chi connectivity index (χ0) is 21.7. The molecule has 1 nitrogen and oxygen atoms in total. The summed E-state index contributed by atoms with van der Waals surface area (Å²) in [5.41, 5.74) is 1.30. The van der Waals surface area contributed by atoms with Gasteiger partial charge in [-0.2, -0.15) is 0 Å². The molecule has 0 N–H and O–H groups in total. The summed E-state index contributed by atoms with van der Waals surface area (Å²) in [5.74, 6) is 5.57. The molecule has 3 heteroatoms.